The van der Waals surface area contributed by atoms with E-state index in [0.29, 0.717) is 33.7 Å². The SMILES string of the molecule is COc1ccc(Br)c(C(=O)Nc2ccc(NCC3CCCO3)c(F)c2)c1. The monoisotopic (exact) mass is 422 g/mol. The molecule has 0 saturated carbocycles. The third kappa shape index (κ3) is 4.53. The summed E-state index contributed by atoms with van der Waals surface area (Å²) in [5, 5.41) is 5.75. The van der Waals surface area contributed by atoms with Crippen LogP contribution in [-0.2, 0) is 4.74 Å². The number of benzene rings is 2. The van der Waals surface area contributed by atoms with Crippen molar-refractivity contribution in [3.63, 3.8) is 0 Å². The van der Waals surface area contributed by atoms with Crippen molar-refractivity contribution in [2.24, 2.45) is 0 Å². The fourth-order valence-electron chi connectivity index (χ4n) is 2.77. The van der Waals surface area contributed by atoms with Gasteiger partial charge in [0.25, 0.3) is 5.91 Å². The Hall–Kier alpha value is -2.12. The lowest BCUT2D eigenvalue weighted by molar-refractivity contribution is 0.102. The number of anilines is 2. The van der Waals surface area contributed by atoms with Gasteiger partial charge in [0.1, 0.15) is 11.6 Å². The summed E-state index contributed by atoms with van der Waals surface area (Å²) in [6.45, 7) is 1.33. The van der Waals surface area contributed by atoms with Gasteiger partial charge in [-0.05, 0) is 65.2 Å². The summed E-state index contributed by atoms with van der Waals surface area (Å²) in [5.41, 5.74) is 1.18. The number of hydrogen-bond donors (Lipinski definition) is 2. The zero-order valence-corrected chi connectivity index (χ0v) is 15.9. The molecule has 1 atom stereocenters. The predicted octanol–water partition coefficient (Wildman–Crippen LogP) is 4.44. The minimum atomic E-state index is -0.425. The van der Waals surface area contributed by atoms with Crippen molar-refractivity contribution in [2.45, 2.75) is 18.9 Å². The predicted molar refractivity (Wildman–Crippen MR) is 103 cm³/mol. The van der Waals surface area contributed by atoms with Gasteiger partial charge in [0, 0.05) is 23.3 Å². The molecule has 138 valence electrons. The lowest BCUT2D eigenvalue weighted by Crippen LogP contribution is -2.19. The minimum absolute atomic E-state index is 0.124. The molecule has 0 bridgehead atoms. The molecule has 1 aliphatic rings. The van der Waals surface area contributed by atoms with Crippen molar-refractivity contribution in [3.8, 4) is 5.75 Å². The first-order valence-electron chi connectivity index (χ1n) is 8.36. The van der Waals surface area contributed by atoms with Gasteiger partial charge in [-0.25, -0.2) is 4.39 Å². The molecule has 1 unspecified atom stereocenters. The first kappa shape index (κ1) is 18.7. The van der Waals surface area contributed by atoms with Crippen LogP contribution in [0.15, 0.2) is 40.9 Å². The number of methoxy groups -OCH3 is 1. The van der Waals surface area contributed by atoms with Crippen molar-refractivity contribution in [2.75, 3.05) is 30.9 Å². The highest BCUT2D eigenvalue weighted by Crippen LogP contribution is 2.25. The van der Waals surface area contributed by atoms with Crippen molar-refractivity contribution in [3.05, 3.63) is 52.3 Å². The van der Waals surface area contributed by atoms with Crippen LogP contribution in [0.4, 0.5) is 15.8 Å². The molecule has 5 nitrogen and oxygen atoms in total. The van der Waals surface area contributed by atoms with Crippen LogP contribution in [0.25, 0.3) is 0 Å². The van der Waals surface area contributed by atoms with Crippen LogP contribution in [0.2, 0.25) is 0 Å². The van der Waals surface area contributed by atoms with Crippen LogP contribution in [0.3, 0.4) is 0 Å². The summed E-state index contributed by atoms with van der Waals surface area (Å²) < 4.78 is 25.6. The van der Waals surface area contributed by atoms with Crippen LogP contribution in [-0.4, -0.2) is 32.3 Å². The third-order valence-electron chi connectivity index (χ3n) is 4.19. The van der Waals surface area contributed by atoms with Gasteiger partial charge >= 0.3 is 0 Å². The highest BCUT2D eigenvalue weighted by Gasteiger charge is 2.16. The van der Waals surface area contributed by atoms with E-state index >= 15 is 0 Å². The lowest BCUT2D eigenvalue weighted by atomic mass is 10.2. The molecule has 1 aliphatic heterocycles. The second kappa shape index (κ2) is 8.51. The van der Waals surface area contributed by atoms with Gasteiger partial charge in [-0.2, -0.15) is 0 Å². The average molecular weight is 423 g/mol. The Balaban J connectivity index is 1.66. The Morgan fingerprint density at radius 2 is 2.19 bits per heavy atom. The minimum Gasteiger partial charge on any atom is -0.497 e. The average Bonchev–Trinajstić information content (AvgIpc) is 3.15. The Bertz CT molecular complexity index is 794. The van der Waals surface area contributed by atoms with Crippen LogP contribution in [0.5, 0.6) is 5.75 Å². The van der Waals surface area contributed by atoms with Gasteiger partial charge in [-0.15, -0.1) is 0 Å². The van der Waals surface area contributed by atoms with E-state index in [0.717, 1.165) is 19.4 Å². The molecule has 2 N–H and O–H groups in total. The molecule has 0 radical (unpaired) electrons. The first-order valence-corrected chi connectivity index (χ1v) is 9.16. The second-order valence-corrected chi connectivity index (χ2v) is 6.86. The Morgan fingerprint density at radius 1 is 1.35 bits per heavy atom. The fraction of sp³-hybridized carbons (Fsp3) is 0.316. The summed E-state index contributed by atoms with van der Waals surface area (Å²) >= 11 is 3.34. The molecule has 1 heterocycles. The van der Waals surface area contributed by atoms with Crippen molar-refractivity contribution < 1.29 is 18.7 Å². The number of hydrogen-bond acceptors (Lipinski definition) is 4. The molecule has 0 aromatic heterocycles. The highest BCUT2D eigenvalue weighted by atomic mass is 79.9. The number of carbonyl (C=O) groups is 1. The molecule has 1 saturated heterocycles. The van der Waals surface area contributed by atoms with Crippen LogP contribution >= 0.6 is 15.9 Å². The molecular formula is C19H20BrFN2O3. The van der Waals surface area contributed by atoms with Gasteiger partial charge in [0.2, 0.25) is 0 Å². The smallest absolute Gasteiger partial charge is 0.256 e. The summed E-state index contributed by atoms with van der Waals surface area (Å²) in [4.78, 5) is 12.4. The third-order valence-corrected chi connectivity index (χ3v) is 4.88. The topological polar surface area (TPSA) is 59.6 Å². The number of amides is 1. The van der Waals surface area contributed by atoms with Gasteiger partial charge < -0.3 is 20.1 Å². The summed E-state index contributed by atoms with van der Waals surface area (Å²) in [6, 6.07) is 9.66. The molecule has 7 heteroatoms. The Labute approximate surface area is 160 Å². The van der Waals surface area contributed by atoms with Gasteiger partial charge in [0.15, 0.2) is 0 Å². The van der Waals surface area contributed by atoms with Crippen LogP contribution < -0.4 is 15.4 Å². The van der Waals surface area contributed by atoms with Gasteiger partial charge in [0.05, 0.1) is 24.5 Å². The Kier molecular flexibility index (Phi) is 6.11. The molecule has 3 rings (SSSR count). The van der Waals surface area contributed by atoms with E-state index in [9.17, 15) is 9.18 Å². The summed E-state index contributed by atoms with van der Waals surface area (Å²) in [5.74, 6) is -0.209. The number of nitrogens with one attached hydrogen (secondary N) is 2. The van der Waals surface area contributed by atoms with Crippen molar-refractivity contribution in [1.82, 2.24) is 0 Å². The lowest BCUT2D eigenvalue weighted by Gasteiger charge is -2.14. The molecule has 26 heavy (non-hydrogen) atoms. The molecule has 0 aliphatic carbocycles. The molecule has 1 amide bonds. The maximum Gasteiger partial charge on any atom is 0.256 e. The number of carbonyl (C=O) groups excluding carboxylic acids is 1. The normalized spacial score (nSPS) is 16.3. The van der Waals surface area contributed by atoms with E-state index in [2.05, 4.69) is 26.6 Å². The van der Waals surface area contributed by atoms with E-state index in [1.54, 1.807) is 30.3 Å². The molecular weight excluding hydrogens is 403 g/mol. The van der Waals surface area contributed by atoms with Crippen molar-refractivity contribution >= 4 is 33.2 Å². The molecule has 2 aromatic rings. The number of rotatable bonds is 6. The van der Waals surface area contributed by atoms with E-state index < -0.39 is 5.82 Å². The molecule has 1 fully saturated rings. The Morgan fingerprint density at radius 3 is 2.88 bits per heavy atom. The van der Waals surface area contributed by atoms with Crippen LogP contribution in [0, 0.1) is 5.82 Å². The van der Waals surface area contributed by atoms with Crippen molar-refractivity contribution in [1.29, 1.82) is 0 Å². The highest BCUT2D eigenvalue weighted by molar-refractivity contribution is 9.10. The summed E-state index contributed by atoms with van der Waals surface area (Å²) in [7, 11) is 1.53. The maximum atomic E-state index is 14.3. The van der Waals surface area contributed by atoms with E-state index in [-0.39, 0.29) is 12.0 Å². The largest absolute Gasteiger partial charge is 0.497 e. The number of ether oxygens (including phenoxy) is 2. The zero-order valence-electron chi connectivity index (χ0n) is 14.4. The van der Waals surface area contributed by atoms with E-state index in [4.69, 9.17) is 9.47 Å². The number of halogens is 2. The molecule has 2 aromatic carbocycles. The molecule has 0 spiro atoms. The standard InChI is InChI=1S/C19H20BrFN2O3/c1-25-13-5-6-16(20)15(10-13)19(24)23-12-4-7-18(17(21)9-12)22-11-14-3-2-8-26-14/h4-7,9-10,14,22H,2-3,8,11H2,1H3,(H,23,24). The first-order chi connectivity index (χ1) is 12.6. The van der Waals surface area contributed by atoms with Crippen LogP contribution in [0.1, 0.15) is 23.2 Å². The second-order valence-electron chi connectivity index (χ2n) is 6.01. The fourth-order valence-corrected chi connectivity index (χ4v) is 3.20. The quantitative estimate of drug-likeness (QED) is 0.722. The van der Waals surface area contributed by atoms with E-state index in [1.165, 1.54) is 13.2 Å². The zero-order chi connectivity index (χ0) is 18.5. The summed E-state index contributed by atoms with van der Waals surface area (Å²) in [6.07, 6.45) is 2.15. The van der Waals surface area contributed by atoms with E-state index in [1.807, 2.05) is 0 Å². The van der Waals surface area contributed by atoms with Gasteiger partial charge in [-0.3, -0.25) is 4.79 Å². The maximum absolute atomic E-state index is 14.3. The van der Waals surface area contributed by atoms with Gasteiger partial charge in [-0.1, -0.05) is 0 Å².